The normalized spacial score (nSPS) is 22.6. The number of sulfone groups is 1. The van der Waals surface area contributed by atoms with Crippen LogP contribution in [0.4, 0.5) is 10.1 Å². The molecule has 0 aromatic carbocycles. The lowest BCUT2D eigenvalue weighted by Gasteiger charge is -2.37. The number of aliphatic imine (C=N–C) groups is 1. The van der Waals surface area contributed by atoms with E-state index in [4.69, 9.17) is 17.3 Å². The zero-order chi connectivity index (χ0) is 21.6. The fourth-order valence-electron chi connectivity index (χ4n) is 2.88. The number of aromatic nitrogens is 2. The first-order valence-corrected chi connectivity index (χ1v) is 10.6. The highest BCUT2D eigenvalue weighted by molar-refractivity contribution is 7.93. The smallest absolute Gasteiger partial charge is 0.274 e. The van der Waals surface area contributed by atoms with E-state index in [1.165, 1.54) is 45.2 Å². The predicted molar refractivity (Wildman–Crippen MR) is 108 cm³/mol. The molecule has 11 heteroatoms. The number of carbonyl (C=O) groups is 1. The number of nitrogens with one attached hydrogen (secondary N) is 1. The average Bonchev–Trinajstić information content (AvgIpc) is 2.62. The number of amides is 1. The summed E-state index contributed by atoms with van der Waals surface area (Å²) in [6.45, 7) is 4.36. The molecule has 0 spiro atoms. The molecule has 3 rings (SSSR count). The van der Waals surface area contributed by atoms with Gasteiger partial charge in [0.2, 0.25) is 5.95 Å². The molecule has 154 valence electrons. The van der Waals surface area contributed by atoms with Crippen LogP contribution in [0.1, 0.15) is 36.8 Å². The molecule has 8 nitrogen and oxygen atoms in total. The van der Waals surface area contributed by atoms with Crippen molar-refractivity contribution in [2.24, 2.45) is 10.7 Å². The largest absolute Gasteiger partial charge is 0.386 e. The highest BCUT2D eigenvalue weighted by Gasteiger charge is 2.49. The van der Waals surface area contributed by atoms with E-state index in [2.05, 4.69) is 20.3 Å². The van der Waals surface area contributed by atoms with Gasteiger partial charge in [0, 0.05) is 11.8 Å². The van der Waals surface area contributed by atoms with E-state index in [1.54, 1.807) is 0 Å². The van der Waals surface area contributed by atoms with Crippen molar-refractivity contribution in [3.8, 4) is 0 Å². The highest BCUT2D eigenvalue weighted by Crippen LogP contribution is 2.38. The van der Waals surface area contributed by atoms with Crippen LogP contribution in [0.3, 0.4) is 0 Å². The molecule has 0 radical (unpaired) electrons. The molecule has 0 unspecified atom stereocenters. The Hall–Kier alpha value is -2.59. The van der Waals surface area contributed by atoms with E-state index in [-0.39, 0.29) is 22.8 Å². The van der Waals surface area contributed by atoms with Crippen LogP contribution < -0.4 is 11.1 Å². The maximum atomic E-state index is 14.5. The number of nitrogens with zero attached hydrogens (tertiary/aromatic N) is 3. The van der Waals surface area contributed by atoms with Gasteiger partial charge in [0.15, 0.2) is 9.84 Å². The molecule has 0 saturated carbocycles. The highest BCUT2D eigenvalue weighted by atomic mass is 35.5. The van der Waals surface area contributed by atoms with Gasteiger partial charge in [0.25, 0.3) is 5.91 Å². The molecule has 1 amide bonds. The second-order valence-corrected chi connectivity index (χ2v) is 10.4. The lowest BCUT2D eigenvalue weighted by molar-refractivity contribution is 0.102. The van der Waals surface area contributed by atoms with Crippen LogP contribution in [0.15, 0.2) is 35.6 Å². The summed E-state index contributed by atoms with van der Waals surface area (Å²) < 4.78 is 38.6. The Morgan fingerprint density at radius 2 is 1.93 bits per heavy atom. The number of anilines is 1. The summed E-state index contributed by atoms with van der Waals surface area (Å²) in [7, 11) is -3.73. The monoisotopic (exact) mass is 439 g/mol. The maximum Gasteiger partial charge on any atom is 0.274 e. The van der Waals surface area contributed by atoms with Crippen LogP contribution in [-0.4, -0.2) is 40.6 Å². The zero-order valence-corrected chi connectivity index (χ0v) is 17.5. The molecule has 0 saturated heterocycles. The van der Waals surface area contributed by atoms with Crippen LogP contribution >= 0.6 is 11.6 Å². The molecule has 0 aliphatic carbocycles. The van der Waals surface area contributed by atoms with Crippen LogP contribution in [0.25, 0.3) is 0 Å². The summed E-state index contributed by atoms with van der Waals surface area (Å²) in [4.78, 5) is 24.2. The van der Waals surface area contributed by atoms with Gasteiger partial charge in [-0.3, -0.25) is 9.79 Å². The fourth-order valence-corrected chi connectivity index (χ4v) is 4.68. The van der Waals surface area contributed by atoms with E-state index in [0.717, 1.165) is 6.20 Å². The third-order valence-electron chi connectivity index (χ3n) is 4.87. The minimum Gasteiger partial charge on any atom is -0.386 e. The van der Waals surface area contributed by atoms with Gasteiger partial charge in [-0.1, -0.05) is 11.6 Å². The topological polar surface area (TPSA) is 127 Å². The first-order valence-electron chi connectivity index (χ1n) is 8.53. The van der Waals surface area contributed by atoms with Crippen LogP contribution in [0.5, 0.6) is 0 Å². The maximum absolute atomic E-state index is 14.5. The van der Waals surface area contributed by atoms with E-state index >= 15 is 0 Å². The number of pyridine rings is 2. The molecular weight excluding hydrogens is 421 g/mol. The molecule has 29 heavy (non-hydrogen) atoms. The summed E-state index contributed by atoms with van der Waals surface area (Å²) in [6.07, 6.45) is 2.43. The Morgan fingerprint density at radius 3 is 2.52 bits per heavy atom. The van der Waals surface area contributed by atoms with Gasteiger partial charge in [0.1, 0.15) is 21.8 Å². The Morgan fingerprint density at radius 1 is 1.24 bits per heavy atom. The van der Waals surface area contributed by atoms with Crippen molar-refractivity contribution in [1.82, 2.24) is 9.97 Å². The van der Waals surface area contributed by atoms with Gasteiger partial charge in [-0.25, -0.2) is 18.4 Å². The number of halogens is 2. The van der Waals surface area contributed by atoms with Crippen molar-refractivity contribution in [2.75, 3.05) is 11.1 Å². The standard InChI is InChI=1S/C18H19ClFN5O3S/c1-17(2)16(21)25-18(3,9-29(17,27)28)12-6-11(8-23-14(12)20)24-15(26)13-5-4-10(19)7-22-13/h4-8H,9H2,1-3H3,(H2,21,25)(H,24,26)/t18-/m0/s1. The summed E-state index contributed by atoms with van der Waals surface area (Å²) in [6, 6.07) is 4.23. The molecule has 1 atom stereocenters. The van der Waals surface area contributed by atoms with Gasteiger partial charge in [-0.05, 0) is 39.0 Å². The van der Waals surface area contributed by atoms with Crippen LogP contribution in [0, 0.1) is 5.95 Å². The first-order chi connectivity index (χ1) is 13.4. The minimum atomic E-state index is -3.73. The number of amidine groups is 1. The van der Waals surface area contributed by atoms with Crippen molar-refractivity contribution >= 4 is 38.9 Å². The Labute approximate surface area is 172 Å². The SMILES string of the molecule is CC1(C)C(N)=N[C@](C)(c2cc(NC(=O)c3ccc(Cl)cn3)cnc2F)CS1(=O)=O. The van der Waals surface area contributed by atoms with E-state index < -0.39 is 37.7 Å². The second kappa shape index (κ2) is 7.03. The van der Waals surface area contributed by atoms with Crippen molar-refractivity contribution in [2.45, 2.75) is 31.1 Å². The van der Waals surface area contributed by atoms with Gasteiger partial charge in [-0.15, -0.1) is 0 Å². The number of rotatable bonds is 3. The lowest BCUT2D eigenvalue weighted by atomic mass is 9.94. The summed E-state index contributed by atoms with van der Waals surface area (Å²) >= 11 is 5.75. The van der Waals surface area contributed by atoms with Crippen molar-refractivity contribution in [3.05, 3.63) is 52.8 Å². The minimum absolute atomic E-state index is 0.0933. The number of nitrogens with two attached hydrogens (primary N) is 1. The first kappa shape index (κ1) is 21.1. The Bertz CT molecular complexity index is 1120. The predicted octanol–water partition coefficient (Wildman–Crippen LogP) is 2.30. The molecule has 2 aromatic rings. The summed E-state index contributed by atoms with van der Waals surface area (Å²) in [5, 5.41) is 2.92. The van der Waals surface area contributed by atoms with E-state index in [1.807, 2.05) is 0 Å². The summed E-state index contributed by atoms with van der Waals surface area (Å²) in [5.74, 6) is -2.04. The quantitative estimate of drug-likeness (QED) is 0.706. The van der Waals surface area contributed by atoms with E-state index in [9.17, 15) is 17.6 Å². The van der Waals surface area contributed by atoms with Gasteiger partial charge in [0.05, 0.1) is 22.7 Å². The van der Waals surface area contributed by atoms with Crippen LogP contribution in [0.2, 0.25) is 5.02 Å². The fraction of sp³-hybridized carbons (Fsp3) is 0.333. The molecule has 0 fully saturated rings. The van der Waals surface area contributed by atoms with E-state index in [0.29, 0.717) is 5.02 Å². The van der Waals surface area contributed by atoms with Gasteiger partial charge < -0.3 is 11.1 Å². The Kier molecular flexibility index (Phi) is 5.12. The zero-order valence-electron chi connectivity index (χ0n) is 15.9. The van der Waals surface area contributed by atoms with Crippen molar-refractivity contribution in [1.29, 1.82) is 0 Å². The van der Waals surface area contributed by atoms with Crippen molar-refractivity contribution < 1.29 is 17.6 Å². The van der Waals surface area contributed by atoms with Crippen LogP contribution in [-0.2, 0) is 15.4 Å². The molecule has 1 aliphatic heterocycles. The summed E-state index contributed by atoms with van der Waals surface area (Å²) in [5.41, 5.74) is 4.56. The molecule has 2 aromatic heterocycles. The molecular formula is C18H19ClFN5O3S. The molecule has 3 heterocycles. The number of carbonyl (C=O) groups excluding carboxylic acids is 1. The lowest BCUT2D eigenvalue weighted by Crippen LogP contribution is -2.55. The molecule has 1 aliphatic rings. The van der Waals surface area contributed by atoms with Crippen molar-refractivity contribution in [3.63, 3.8) is 0 Å². The third kappa shape index (κ3) is 3.82. The number of hydrogen-bond acceptors (Lipinski definition) is 7. The second-order valence-electron chi connectivity index (χ2n) is 7.42. The van der Waals surface area contributed by atoms with Gasteiger partial charge in [-0.2, -0.15) is 4.39 Å². The molecule has 3 N–H and O–H groups in total. The van der Waals surface area contributed by atoms with Gasteiger partial charge >= 0.3 is 0 Å². The number of hydrogen-bond donors (Lipinski definition) is 2. The Balaban J connectivity index is 1.98. The average molecular weight is 440 g/mol. The third-order valence-corrected chi connectivity index (χ3v) is 7.80. The molecule has 0 bridgehead atoms.